The number of hydrogen-bond donors (Lipinski definition) is 1. The molecule has 182 valence electrons. The first-order chi connectivity index (χ1) is 15.5. The maximum absolute atomic E-state index is 13.1. The molecule has 33 heavy (non-hydrogen) atoms. The molecule has 3 saturated heterocycles. The van der Waals surface area contributed by atoms with Crippen molar-refractivity contribution in [2.75, 3.05) is 13.2 Å². The summed E-state index contributed by atoms with van der Waals surface area (Å²) >= 11 is 0. The van der Waals surface area contributed by atoms with Gasteiger partial charge in [-0.1, -0.05) is 34.6 Å². The van der Waals surface area contributed by atoms with Crippen LogP contribution in [0.3, 0.4) is 0 Å². The van der Waals surface area contributed by atoms with E-state index in [1.54, 1.807) is 0 Å². The van der Waals surface area contributed by atoms with Gasteiger partial charge in [0.15, 0.2) is 6.10 Å². The molecule has 0 aromatic heterocycles. The first-order valence-corrected chi connectivity index (χ1v) is 12.3. The third kappa shape index (κ3) is 2.32. The van der Waals surface area contributed by atoms with E-state index in [4.69, 9.17) is 29.4 Å². The zero-order valence-electron chi connectivity index (χ0n) is 20.3. The highest BCUT2D eigenvalue weighted by Crippen LogP contribution is 2.77. The van der Waals surface area contributed by atoms with Gasteiger partial charge in [0.05, 0.1) is 6.61 Å². The summed E-state index contributed by atoms with van der Waals surface area (Å²) in [6, 6.07) is -0.722. The molecule has 1 spiro atoms. The van der Waals surface area contributed by atoms with Crippen LogP contribution in [0.4, 0.5) is 0 Å². The number of carbonyl (C=O) groups excluding carboxylic acids is 2. The maximum Gasteiger partial charge on any atom is 0.334 e. The number of nitrogens with two attached hydrogens (primary N) is 1. The molecular formula is C25H35NO7. The highest BCUT2D eigenvalue weighted by Gasteiger charge is 2.94. The number of epoxide rings is 2. The SMILES string of the molecule is CC(C)[C@H](N)C(=O)O[C@@H]1C2(C(C)C)O[C@H]2[C@@H]2O[C@@]23[C@@]2(C)CCC4=C(COC4=O)[C@@H]2CO[C@]13C. The summed E-state index contributed by atoms with van der Waals surface area (Å²) in [6.45, 7) is 13.0. The fourth-order valence-electron chi connectivity index (χ4n) is 7.76. The van der Waals surface area contributed by atoms with Crippen LogP contribution in [0.5, 0.6) is 0 Å². The molecule has 2 N–H and O–H groups in total. The topological polar surface area (TPSA) is 113 Å². The fraction of sp³-hybridized carbons (Fsp3) is 0.840. The second-order valence-corrected chi connectivity index (χ2v) is 11.9. The summed E-state index contributed by atoms with van der Waals surface area (Å²) in [5.41, 5.74) is 5.52. The predicted molar refractivity (Wildman–Crippen MR) is 116 cm³/mol. The van der Waals surface area contributed by atoms with Gasteiger partial charge >= 0.3 is 11.9 Å². The van der Waals surface area contributed by atoms with Crippen LogP contribution in [-0.4, -0.2) is 66.3 Å². The van der Waals surface area contributed by atoms with Gasteiger partial charge in [0.2, 0.25) is 0 Å². The van der Waals surface area contributed by atoms with Crippen LogP contribution >= 0.6 is 0 Å². The van der Waals surface area contributed by atoms with Crippen LogP contribution in [-0.2, 0) is 33.3 Å². The van der Waals surface area contributed by atoms with Crippen LogP contribution in [0.25, 0.3) is 0 Å². The van der Waals surface area contributed by atoms with E-state index >= 15 is 0 Å². The van der Waals surface area contributed by atoms with Crippen LogP contribution in [0, 0.1) is 23.2 Å². The van der Waals surface area contributed by atoms with Crippen molar-refractivity contribution in [3.05, 3.63) is 11.1 Å². The average molecular weight is 462 g/mol. The van der Waals surface area contributed by atoms with Crippen molar-refractivity contribution in [2.45, 2.75) is 95.5 Å². The Bertz CT molecular complexity index is 976. The van der Waals surface area contributed by atoms with Crippen LogP contribution in [0.1, 0.15) is 54.4 Å². The van der Waals surface area contributed by atoms with E-state index < -0.39 is 34.9 Å². The van der Waals surface area contributed by atoms with Gasteiger partial charge in [0, 0.05) is 16.9 Å². The molecule has 8 nitrogen and oxygen atoms in total. The minimum absolute atomic E-state index is 0.0188. The molecule has 6 rings (SSSR count). The van der Waals surface area contributed by atoms with Gasteiger partial charge in [-0.05, 0) is 37.2 Å². The smallest absolute Gasteiger partial charge is 0.334 e. The van der Waals surface area contributed by atoms with Crippen molar-refractivity contribution in [3.8, 4) is 0 Å². The number of esters is 2. The highest BCUT2D eigenvalue weighted by molar-refractivity contribution is 5.92. The molecule has 4 aliphatic heterocycles. The van der Waals surface area contributed by atoms with E-state index in [2.05, 4.69) is 20.8 Å². The van der Waals surface area contributed by atoms with Gasteiger partial charge in [0.25, 0.3) is 0 Å². The van der Waals surface area contributed by atoms with E-state index in [0.717, 1.165) is 17.6 Å². The molecule has 0 aromatic carbocycles. The minimum Gasteiger partial charge on any atom is -0.458 e. The summed E-state index contributed by atoms with van der Waals surface area (Å²) in [5, 5.41) is 0. The lowest BCUT2D eigenvalue weighted by atomic mass is 9.49. The molecular weight excluding hydrogens is 426 g/mol. The maximum atomic E-state index is 13.1. The summed E-state index contributed by atoms with van der Waals surface area (Å²) in [6.07, 6.45) is 0.523. The molecule has 6 aliphatic rings. The van der Waals surface area contributed by atoms with Gasteiger partial charge in [-0.25, -0.2) is 4.79 Å². The molecule has 1 saturated carbocycles. The zero-order valence-corrected chi connectivity index (χ0v) is 20.3. The van der Waals surface area contributed by atoms with Crippen molar-refractivity contribution < 1.29 is 33.3 Å². The third-order valence-electron chi connectivity index (χ3n) is 9.90. The Labute approximate surface area is 194 Å². The Morgan fingerprint density at radius 2 is 1.88 bits per heavy atom. The number of cyclic esters (lactones) is 1. The number of rotatable bonds is 4. The molecule has 0 bridgehead atoms. The Balaban J connectivity index is 1.43. The fourth-order valence-corrected chi connectivity index (χ4v) is 7.76. The number of hydrogen-bond acceptors (Lipinski definition) is 8. The molecule has 8 heteroatoms. The van der Waals surface area contributed by atoms with Gasteiger partial charge in [0.1, 0.15) is 41.7 Å². The monoisotopic (exact) mass is 461 g/mol. The summed E-state index contributed by atoms with van der Waals surface area (Å²) in [4.78, 5) is 25.4. The zero-order chi connectivity index (χ0) is 23.7. The van der Waals surface area contributed by atoms with E-state index in [1.165, 1.54) is 0 Å². The van der Waals surface area contributed by atoms with Crippen molar-refractivity contribution in [1.29, 1.82) is 0 Å². The normalized spacial score (nSPS) is 50.0. The lowest BCUT2D eigenvalue weighted by Gasteiger charge is -2.60. The Morgan fingerprint density at radius 1 is 1.15 bits per heavy atom. The largest absolute Gasteiger partial charge is 0.458 e. The second-order valence-electron chi connectivity index (χ2n) is 11.9. The summed E-state index contributed by atoms with van der Waals surface area (Å²) < 4.78 is 31.4. The number of fused-ring (bicyclic) bond motifs is 4. The van der Waals surface area contributed by atoms with Crippen LogP contribution in [0.2, 0.25) is 0 Å². The Morgan fingerprint density at radius 3 is 2.55 bits per heavy atom. The molecule has 1 unspecified atom stereocenters. The Hall–Kier alpha value is -1.48. The van der Waals surface area contributed by atoms with Crippen molar-refractivity contribution in [1.82, 2.24) is 0 Å². The van der Waals surface area contributed by atoms with E-state index in [1.807, 2.05) is 20.8 Å². The highest BCUT2D eigenvalue weighted by atomic mass is 16.7. The molecule has 4 fully saturated rings. The average Bonchev–Trinajstić information content (AvgIpc) is 3.64. The Kier molecular flexibility index (Phi) is 4.26. The molecule has 0 amide bonds. The molecule has 9 atom stereocenters. The van der Waals surface area contributed by atoms with Gasteiger partial charge in [-0.2, -0.15) is 0 Å². The second kappa shape index (κ2) is 6.39. The third-order valence-corrected chi connectivity index (χ3v) is 9.90. The first-order valence-electron chi connectivity index (χ1n) is 12.3. The summed E-state index contributed by atoms with van der Waals surface area (Å²) in [5.74, 6) is -0.556. The van der Waals surface area contributed by atoms with Crippen LogP contribution < -0.4 is 5.73 Å². The minimum atomic E-state index is -0.895. The van der Waals surface area contributed by atoms with Crippen molar-refractivity contribution in [3.63, 3.8) is 0 Å². The van der Waals surface area contributed by atoms with E-state index in [0.29, 0.717) is 19.6 Å². The van der Waals surface area contributed by atoms with E-state index in [9.17, 15) is 9.59 Å². The lowest BCUT2D eigenvalue weighted by molar-refractivity contribution is -0.260. The molecule has 2 aliphatic carbocycles. The quantitative estimate of drug-likeness (QED) is 0.499. The van der Waals surface area contributed by atoms with Crippen molar-refractivity contribution in [2.24, 2.45) is 28.9 Å². The molecule has 0 aromatic rings. The molecule has 4 heterocycles. The summed E-state index contributed by atoms with van der Waals surface area (Å²) in [7, 11) is 0. The van der Waals surface area contributed by atoms with Gasteiger partial charge < -0.3 is 29.4 Å². The van der Waals surface area contributed by atoms with E-state index in [-0.39, 0.29) is 41.3 Å². The van der Waals surface area contributed by atoms with Gasteiger partial charge in [-0.15, -0.1) is 0 Å². The standard InChI is InChI=1S/C25H35NO7/c1-11(2)16(26)20(28)31-21-23(6)25(18(33-25)17-24(21,32-17)12(3)4)22(5)8-7-13-14(9-29-19(13)27)15(22)10-30-23/h11-12,15-18,21H,7-10,26H2,1-6H3/t15-,16-,17-,18-,21-,22-,23+,24?,25+/m0/s1. The number of ether oxygens (including phenoxy) is 5. The van der Waals surface area contributed by atoms with Crippen LogP contribution in [0.15, 0.2) is 11.1 Å². The predicted octanol–water partition coefficient (Wildman–Crippen LogP) is 1.88. The number of carbonyl (C=O) groups is 2. The lowest BCUT2D eigenvalue weighted by Crippen LogP contribution is -2.75. The first kappa shape index (κ1) is 22.0. The molecule has 0 radical (unpaired) electrons. The van der Waals surface area contributed by atoms with Crippen molar-refractivity contribution >= 4 is 11.9 Å². The van der Waals surface area contributed by atoms with Gasteiger partial charge in [-0.3, -0.25) is 4.79 Å².